The molecular weight excluding hydrogens is 474 g/mol. The van der Waals surface area contributed by atoms with Crippen LogP contribution in [0.1, 0.15) is 22.3 Å². The number of carbonyl (C=O) groups is 1. The highest BCUT2D eigenvalue weighted by molar-refractivity contribution is 8.18. The molecule has 0 aromatic heterocycles. The summed E-state index contributed by atoms with van der Waals surface area (Å²) in [6, 6.07) is 5.84. The van der Waals surface area contributed by atoms with Gasteiger partial charge in [0, 0.05) is 12.6 Å². The standard InChI is InChI=1S/C21H16F6N2O3S/c1-28-19-29-18(30)17(33-19)8-11-3-6-15(16(7-11)31-2)32-10-12-4-5-13(20(22,23)24)9-14(12)21(25,26)27/h3-9H,10H2,1-2H3,(H,28,29,30). The number of amides is 1. The topological polar surface area (TPSA) is 59.9 Å². The maximum Gasteiger partial charge on any atom is 0.416 e. The van der Waals surface area contributed by atoms with Gasteiger partial charge in [0.2, 0.25) is 0 Å². The molecule has 1 aliphatic heterocycles. The van der Waals surface area contributed by atoms with Crippen LogP contribution in [-0.2, 0) is 23.8 Å². The summed E-state index contributed by atoms with van der Waals surface area (Å²) in [6.45, 7) is -0.641. The van der Waals surface area contributed by atoms with Crippen molar-refractivity contribution in [2.75, 3.05) is 14.2 Å². The summed E-state index contributed by atoms with van der Waals surface area (Å²) in [5, 5.41) is 3.20. The Balaban J connectivity index is 1.83. The molecule has 0 radical (unpaired) electrons. The zero-order valence-corrected chi connectivity index (χ0v) is 17.9. The maximum absolute atomic E-state index is 13.3. The van der Waals surface area contributed by atoms with Crippen molar-refractivity contribution in [1.29, 1.82) is 0 Å². The van der Waals surface area contributed by atoms with Crippen LogP contribution in [0.3, 0.4) is 0 Å². The van der Waals surface area contributed by atoms with Crippen molar-refractivity contribution in [1.82, 2.24) is 5.32 Å². The minimum absolute atomic E-state index is 0.0585. The smallest absolute Gasteiger partial charge is 0.416 e. The van der Waals surface area contributed by atoms with E-state index in [9.17, 15) is 31.1 Å². The van der Waals surface area contributed by atoms with E-state index in [1.54, 1.807) is 19.2 Å². The van der Waals surface area contributed by atoms with E-state index in [1.165, 1.54) is 19.2 Å². The summed E-state index contributed by atoms with van der Waals surface area (Å²) in [5.74, 6) is -0.189. The molecule has 1 aliphatic rings. The quantitative estimate of drug-likeness (QED) is 0.443. The van der Waals surface area contributed by atoms with Crippen LogP contribution in [0.25, 0.3) is 6.08 Å². The zero-order valence-electron chi connectivity index (χ0n) is 17.1. The fourth-order valence-electron chi connectivity index (χ4n) is 2.86. The first-order valence-corrected chi connectivity index (χ1v) is 10.0. The van der Waals surface area contributed by atoms with Gasteiger partial charge >= 0.3 is 12.4 Å². The predicted octanol–water partition coefficient (Wildman–Crippen LogP) is 5.50. The summed E-state index contributed by atoms with van der Waals surface area (Å²) in [7, 11) is 2.94. The fourth-order valence-corrected chi connectivity index (χ4v) is 3.63. The minimum atomic E-state index is -5.00. The number of nitrogens with zero attached hydrogens (tertiary/aromatic N) is 1. The van der Waals surface area contributed by atoms with Crippen molar-refractivity contribution >= 4 is 28.9 Å². The van der Waals surface area contributed by atoms with Gasteiger partial charge in [-0.25, -0.2) is 0 Å². The van der Waals surface area contributed by atoms with Gasteiger partial charge in [-0.15, -0.1) is 0 Å². The summed E-state index contributed by atoms with van der Waals surface area (Å²) in [5.41, 5.74) is -2.76. The zero-order chi connectivity index (χ0) is 24.4. The Labute approximate surface area is 188 Å². The Morgan fingerprint density at radius 2 is 1.76 bits per heavy atom. The first-order valence-electron chi connectivity index (χ1n) is 9.21. The number of halogens is 6. The molecule has 33 heavy (non-hydrogen) atoms. The molecule has 12 heteroatoms. The number of benzene rings is 2. The molecule has 1 N–H and O–H groups in total. The highest BCUT2D eigenvalue weighted by Gasteiger charge is 2.38. The second-order valence-electron chi connectivity index (χ2n) is 6.65. The van der Waals surface area contributed by atoms with Crippen LogP contribution < -0.4 is 14.8 Å². The lowest BCUT2D eigenvalue weighted by Gasteiger charge is -2.17. The Kier molecular flexibility index (Phi) is 6.96. The van der Waals surface area contributed by atoms with Gasteiger partial charge in [0.05, 0.1) is 23.1 Å². The van der Waals surface area contributed by atoms with Crippen LogP contribution in [-0.4, -0.2) is 25.2 Å². The first-order chi connectivity index (χ1) is 15.4. The van der Waals surface area contributed by atoms with E-state index < -0.39 is 41.6 Å². The SMILES string of the molecule is CNC1=NC(=O)C(=Cc2ccc(OCc3ccc(C(F)(F)F)cc3C(F)(F)F)c(OC)c2)S1. The average molecular weight is 490 g/mol. The maximum atomic E-state index is 13.3. The van der Waals surface area contributed by atoms with Crippen molar-refractivity contribution in [3.05, 3.63) is 63.6 Å². The third-order valence-electron chi connectivity index (χ3n) is 4.45. The van der Waals surface area contributed by atoms with Crippen LogP contribution in [0.4, 0.5) is 26.3 Å². The second-order valence-corrected chi connectivity index (χ2v) is 7.68. The van der Waals surface area contributed by atoms with Crippen molar-refractivity contribution in [2.24, 2.45) is 4.99 Å². The third kappa shape index (κ3) is 5.81. The molecule has 3 rings (SSSR count). The number of hydrogen-bond acceptors (Lipinski definition) is 5. The summed E-state index contributed by atoms with van der Waals surface area (Å²) in [6.07, 6.45) is -8.35. The van der Waals surface area contributed by atoms with Crippen molar-refractivity contribution in [2.45, 2.75) is 19.0 Å². The molecule has 0 fully saturated rings. The number of nitrogens with one attached hydrogen (secondary N) is 1. The molecule has 0 atom stereocenters. The van der Waals surface area contributed by atoms with Crippen LogP contribution >= 0.6 is 11.8 Å². The van der Waals surface area contributed by atoms with Gasteiger partial charge in [-0.05, 0) is 47.7 Å². The van der Waals surface area contributed by atoms with Crippen LogP contribution in [0.5, 0.6) is 11.5 Å². The van der Waals surface area contributed by atoms with Gasteiger partial charge in [-0.3, -0.25) is 4.79 Å². The van der Waals surface area contributed by atoms with Crippen LogP contribution in [0.15, 0.2) is 46.3 Å². The molecule has 2 aromatic carbocycles. The normalized spacial score (nSPS) is 15.6. The highest BCUT2D eigenvalue weighted by atomic mass is 32.2. The summed E-state index contributed by atoms with van der Waals surface area (Å²) < 4.78 is 89.1. The van der Waals surface area contributed by atoms with Crippen molar-refractivity contribution < 1.29 is 40.6 Å². The number of carbonyl (C=O) groups excluding carboxylic acids is 1. The Hall–Kier alpha value is -3.15. The monoisotopic (exact) mass is 490 g/mol. The van der Waals surface area contributed by atoms with Gasteiger partial charge in [0.15, 0.2) is 16.7 Å². The number of rotatable bonds is 5. The first kappa shape index (κ1) is 24.5. The highest BCUT2D eigenvalue weighted by Crippen LogP contribution is 2.38. The molecule has 0 unspecified atom stereocenters. The molecule has 5 nitrogen and oxygen atoms in total. The lowest BCUT2D eigenvalue weighted by molar-refractivity contribution is -0.143. The van der Waals surface area contributed by atoms with E-state index in [1.807, 2.05) is 0 Å². The molecule has 0 saturated carbocycles. The number of methoxy groups -OCH3 is 1. The van der Waals surface area contributed by atoms with E-state index in [0.29, 0.717) is 21.7 Å². The Morgan fingerprint density at radius 1 is 1.03 bits per heavy atom. The molecule has 1 amide bonds. The molecular formula is C21H16F6N2O3S. The molecule has 0 bridgehead atoms. The summed E-state index contributed by atoms with van der Waals surface area (Å²) >= 11 is 1.14. The molecule has 0 saturated heterocycles. The fraction of sp³-hybridized carbons (Fsp3) is 0.238. The number of aliphatic imine (C=N–C) groups is 1. The molecule has 1 heterocycles. The van der Waals surface area contributed by atoms with E-state index in [2.05, 4.69) is 10.3 Å². The molecule has 0 spiro atoms. The van der Waals surface area contributed by atoms with Crippen molar-refractivity contribution in [3.8, 4) is 11.5 Å². The average Bonchev–Trinajstić information content (AvgIpc) is 3.10. The van der Waals surface area contributed by atoms with Gasteiger partial charge in [-0.1, -0.05) is 12.1 Å². The Bertz CT molecular complexity index is 1130. The van der Waals surface area contributed by atoms with Gasteiger partial charge in [-0.2, -0.15) is 31.3 Å². The van der Waals surface area contributed by atoms with Gasteiger partial charge in [0.1, 0.15) is 6.61 Å². The molecule has 0 aliphatic carbocycles. The number of ether oxygens (including phenoxy) is 2. The van der Waals surface area contributed by atoms with Crippen LogP contribution in [0.2, 0.25) is 0 Å². The lowest BCUT2D eigenvalue weighted by Crippen LogP contribution is -2.14. The lowest BCUT2D eigenvalue weighted by atomic mass is 10.0. The minimum Gasteiger partial charge on any atom is -0.493 e. The summed E-state index contributed by atoms with van der Waals surface area (Å²) in [4.78, 5) is 16.0. The van der Waals surface area contributed by atoms with E-state index in [0.717, 1.165) is 17.8 Å². The van der Waals surface area contributed by atoms with Crippen LogP contribution in [0, 0.1) is 0 Å². The Morgan fingerprint density at radius 3 is 2.33 bits per heavy atom. The van der Waals surface area contributed by atoms with Crippen molar-refractivity contribution in [3.63, 3.8) is 0 Å². The van der Waals surface area contributed by atoms with Gasteiger partial charge in [0.25, 0.3) is 5.91 Å². The number of thioether (sulfide) groups is 1. The third-order valence-corrected chi connectivity index (χ3v) is 5.45. The molecule has 176 valence electrons. The van der Waals surface area contributed by atoms with E-state index in [-0.39, 0.29) is 17.6 Å². The molecule has 2 aromatic rings. The number of amidine groups is 1. The van der Waals surface area contributed by atoms with E-state index in [4.69, 9.17) is 9.47 Å². The number of alkyl halides is 6. The van der Waals surface area contributed by atoms with E-state index >= 15 is 0 Å². The van der Waals surface area contributed by atoms with Gasteiger partial charge < -0.3 is 14.8 Å². The predicted molar refractivity (Wildman–Crippen MR) is 111 cm³/mol. The second kappa shape index (κ2) is 9.38. The number of hydrogen-bond donors (Lipinski definition) is 1. The largest absolute Gasteiger partial charge is 0.493 e.